The molecule has 4 N–H and O–H groups in total. The Balaban J connectivity index is 1.54. The quantitative estimate of drug-likeness (QED) is 0.424. The van der Waals surface area contributed by atoms with Crippen LogP contribution in [0.15, 0.2) is 39.5 Å². The van der Waals surface area contributed by atoms with Gasteiger partial charge in [0.05, 0.1) is 6.61 Å². The van der Waals surface area contributed by atoms with Crippen LogP contribution in [0.4, 0.5) is 0 Å². The highest BCUT2D eigenvalue weighted by molar-refractivity contribution is 5.88. The smallest absolute Gasteiger partial charge is 0.238 e. The van der Waals surface area contributed by atoms with Crippen LogP contribution in [-0.2, 0) is 0 Å². The van der Waals surface area contributed by atoms with Crippen molar-refractivity contribution < 1.29 is 29.6 Å². The Morgan fingerprint density at radius 3 is 2.44 bits per heavy atom. The normalized spacial score (nSPS) is 15.0. The van der Waals surface area contributed by atoms with Crippen molar-refractivity contribution in [1.29, 1.82) is 0 Å². The number of hydrogen-bond donors (Lipinski definition) is 4. The first kappa shape index (κ1) is 21.8. The van der Waals surface area contributed by atoms with E-state index < -0.39 is 16.9 Å². The molecule has 1 aliphatic rings. The largest absolute Gasteiger partial charge is 0.508 e. The predicted octanol–water partition coefficient (Wildman–Crippen LogP) is 3.93. The molecule has 1 saturated heterocycles. The Morgan fingerprint density at radius 1 is 0.938 bits per heavy atom. The molecular weight excluding hydrogens is 414 g/mol. The van der Waals surface area contributed by atoms with Crippen LogP contribution in [0.25, 0.3) is 22.3 Å². The van der Waals surface area contributed by atoms with E-state index in [9.17, 15) is 25.2 Å². The molecule has 1 fully saturated rings. The highest BCUT2D eigenvalue weighted by Crippen LogP contribution is 2.38. The SMILES string of the molecule is O=c1c(O)c(-c2ccc(O)c(OCCCN3CCCCCC3)c2)oc2cc(O)cc(O)c12. The Morgan fingerprint density at radius 2 is 1.69 bits per heavy atom. The Kier molecular flexibility index (Phi) is 6.41. The standard InChI is InChI=1S/C24H27NO7/c26-16-13-18(28)21-20(14-16)32-24(23(30)22(21)29)15-6-7-17(27)19(12-15)31-11-5-10-25-8-3-1-2-4-9-25/h6-7,12-14,26-28,30H,1-5,8-11H2. The van der Waals surface area contributed by atoms with Crippen LogP contribution in [-0.4, -0.2) is 51.6 Å². The topological polar surface area (TPSA) is 124 Å². The number of hydrogen-bond acceptors (Lipinski definition) is 8. The molecule has 8 heteroatoms. The van der Waals surface area contributed by atoms with Crippen LogP contribution in [0.2, 0.25) is 0 Å². The van der Waals surface area contributed by atoms with Gasteiger partial charge in [-0.1, -0.05) is 12.8 Å². The van der Waals surface area contributed by atoms with Crippen molar-refractivity contribution in [2.45, 2.75) is 32.1 Å². The third kappa shape index (κ3) is 4.60. The highest BCUT2D eigenvalue weighted by atomic mass is 16.5. The molecule has 0 radical (unpaired) electrons. The Hall–Kier alpha value is -3.39. The first-order valence-corrected chi connectivity index (χ1v) is 10.8. The van der Waals surface area contributed by atoms with Crippen LogP contribution in [0.3, 0.4) is 0 Å². The number of aromatic hydroxyl groups is 4. The third-order valence-corrected chi connectivity index (χ3v) is 5.73. The lowest BCUT2D eigenvalue weighted by Gasteiger charge is -2.19. The predicted molar refractivity (Wildman–Crippen MR) is 120 cm³/mol. The molecular formula is C24H27NO7. The first-order valence-electron chi connectivity index (χ1n) is 10.8. The molecule has 1 aliphatic heterocycles. The Bertz CT molecular complexity index is 1160. The lowest BCUT2D eigenvalue weighted by molar-refractivity contribution is 0.235. The summed E-state index contributed by atoms with van der Waals surface area (Å²) in [7, 11) is 0. The van der Waals surface area contributed by atoms with Crippen LogP contribution >= 0.6 is 0 Å². The summed E-state index contributed by atoms with van der Waals surface area (Å²) in [5.74, 6) is -1.47. The summed E-state index contributed by atoms with van der Waals surface area (Å²) in [5.41, 5.74) is -0.593. The van der Waals surface area contributed by atoms with Gasteiger partial charge in [-0.2, -0.15) is 0 Å². The molecule has 4 rings (SSSR count). The number of phenols is 3. The van der Waals surface area contributed by atoms with Crippen molar-refractivity contribution >= 4 is 11.0 Å². The molecule has 1 aromatic heterocycles. The van der Waals surface area contributed by atoms with E-state index in [0.717, 1.165) is 32.1 Å². The van der Waals surface area contributed by atoms with Gasteiger partial charge in [0.2, 0.25) is 11.2 Å². The van der Waals surface area contributed by atoms with Gasteiger partial charge < -0.3 is 34.5 Å². The van der Waals surface area contributed by atoms with Crippen LogP contribution in [0.5, 0.6) is 28.7 Å². The molecule has 0 atom stereocenters. The van der Waals surface area contributed by atoms with Crippen molar-refractivity contribution in [1.82, 2.24) is 4.90 Å². The monoisotopic (exact) mass is 441 g/mol. The van der Waals surface area contributed by atoms with Gasteiger partial charge in [-0.25, -0.2) is 0 Å². The lowest BCUT2D eigenvalue weighted by Crippen LogP contribution is -2.26. The molecule has 3 aromatic rings. The number of phenolic OH excluding ortho intramolecular Hbond substituents is 3. The molecule has 0 bridgehead atoms. The molecule has 0 spiro atoms. The molecule has 2 aromatic carbocycles. The summed E-state index contributed by atoms with van der Waals surface area (Å²) < 4.78 is 11.4. The first-order chi connectivity index (χ1) is 15.4. The number of benzene rings is 2. The zero-order valence-electron chi connectivity index (χ0n) is 17.7. The molecule has 2 heterocycles. The molecule has 0 amide bonds. The van der Waals surface area contributed by atoms with Crippen molar-refractivity contribution in [3.8, 4) is 40.1 Å². The number of nitrogens with zero attached hydrogens (tertiary/aromatic N) is 1. The molecule has 0 aliphatic carbocycles. The summed E-state index contributed by atoms with van der Waals surface area (Å²) in [5, 5.41) is 40.0. The van der Waals surface area contributed by atoms with E-state index in [1.807, 2.05) is 0 Å². The van der Waals surface area contributed by atoms with E-state index in [4.69, 9.17) is 9.15 Å². The molecule has 170 valence electrons. The summed E-state index contributed by atoms with van der Waals surface area (Å²) in [4.78, 5) is 15.0. The second kappa shape index (κ2) is 9.40. The average molecular weight is 441 g/mol. The van der Waals surface area contributed by atoms with Crippen molar-refractivity contribution in [2.24, 2.45) is 0 Å². The van der Waals surface area contributed by atoms with E-state index in [0.29, 0.717) is 12.2 Å². The molecule has 8 nitrogen and oxygen atoms in total. The van der Waals surface area contributed by atoms with Crippen LogP contribution in [0, 0.1) is 0 Å². The van der Waals surface area contributed by atoms with E-state index in [1.165, 1.54) is 49.9 Å². The van der Waals surface area contributed by atoms with Gasteiger partial charge in [0.15, 0.2) is 17.3 Å². The van der Waals surface area contributed by atoms with Crippen molar-refractivity contribution in [3.05, 3.63) is 40.6 Å². The number of fused-ring (bicyclic) bond motifs is 1. The zero-order chi connectivity index (χ0) is 22.7. The zero-order valence-corrected chi connectivity index (χ0v) is 17.7. The van der Waals surface area contributed by atoms with Gasteiger partial charge in [0.25, 0.3) is 0 Å². The lowest BCUT2D eigenvalue weighted by atomic mass is 10.1. The van der Waals surface area contributed by atoms with Gasteiger partial charge in [-0.15, -0.1) is 0 Å². The second-order valence-electron chi connectivity index (χ2n) is 8.09. The minimum absolute atomic E-state index is 0.0681. The third-order valence-electron chi connectivity index (χ3n) is 5.73. The average Bonchev–Trinajstić information content (AvgIpc) is 3.03. The van der Waals surface area contributed by atoms with Gasteiger partial charge in [0, 0.05) is 24.2 Å². The number of rotatable bonds is 6. The summed E-state index contributed by atoms with van der Waals surface area (Å²) in [6, 6.07) is 6.53. The maximum Gasteiger partial charge on any atom is 0.238 e. The van der Waals surface area contributed by atoms with Gasteiger partial charge in [-0.05, 0) is 50.6 Å². The van der Waals surface area contributed by atoms with Crippen LogP contribution in [0.1, 0.15) is 32.1 Å². The Labute approximate surface area is 184 Å². The van der Waals surface area contributed by atoms with Crippen molar-refractivity contribution in [2.75, 3.05) is 26.2 Å². The van der Waals surface area contributed by atoms with Gasteiger partial charge in [0.1, 0.15) is 22.5 Å². The van der Waals surface area contributed by atoms with Gasteiger partial charge >= 0.3 is 0 Å². The fourth-order valence-corrected chi connectivity index (χ4v) is 4.07. The molecule has 0 unspecified atom stereocenters. The minimum atomic E-state index is -0.827. The number of ether oxygens (including phenoxy) is 1. The molecule has 0 saturated carbocycles. The number of likely N-dealkylation sites (tertiary alicyclic amines) is 1. The highest BCUT2D eigenvalue weighted by Gasteiger charge is 2.20. The van der Waals surface area contributed by atoms with E-state index in [-0.39, 0.29) is 34.0 Å². The maximum atomic E-state index is 12.6. The van der Waals surface area contributed by atoms with E-state index in [2.05, 4.69) is 4.90 Å². The van der Waals surface area contributed by atoms with E-state index >= 15 is 0 Å². The summed E-state index contributed by atoms with van der Waals surface area (Å²) >= 11 is 0. The maximum absolute atomic E-state index is 12.6. The summed E-state index contributed by atoms with van der Waals surface area (Å²) in [6.45, 7) is 3.54. The van der Waals surface area contributed by atoms with Crippen molar-refractivity contribution in [3.63, 3.8) is 0 Å². The summed E-state index contributed by atoms with van der Waals surface area (Å²) in [6.07, 6.45) is 5.81. The van der Waals surface area contributed by atoms with E-state index in [1.54, 1.807) is 0 Å². The molecule has 32 heavy (non-hydrogen) atoms. The van der Waals surface area contributed by atoms with Crippen LogP contribution < -0.4 is 10.2 Å². The minimum Gasteiger partial charge on any atom is -0.508 e. The fraction of sp³-hybridized carbons (Fsp3) is 0.375. The fourth-order valence-electron chi connectivity index (χ4n) is 4.07. The second-order valence-corrected chi connectivity index (χ2v) is 8.09. The van der Waals surface area contributed by atoms with Gasteiger partial charge in [-0.3, -0.25) is 4.79 Å².